The highest BCUT2D eigenvalue weighted by molar-refractivity contribution is 9.10. The Balaban J connectivity index is -0.000000115. The van der Waals surface area contributed by atoms with Crippen molar-refractivity contribution >= 4 is 27.9 Å². The smallest absolute Gasteiger partial charge is 0.318 e. The normalized spacial score (nSPS) is 10.3. The van der Waals surface area contributed by atoms with Gasteiger partial charge in [0.25, 0.3) is 0 Å². The van der Waals surface area contributed by atoms with Gasteiger partial charge in [0.2, 0.25) is 5.91 Å². The SMILES string of the molecule is CCC(Br)(CC)C(=O)NC(N)=O.CCCCCCCCCC.CCCCCCCCCC.CCCCCCCCCC.CCCCCCCCCC.CCCCCCCCCC.CCCCCCCCCC.CCCCCCCCCC.CCCCCCCCCC.CCCCCCCCCC. The summed E-state index contributed by atoms with van der Waals surface area (Å²) in [5, 5.41) is 2.04. The summed E-state index contributed by atoms with van der Waals surface area (Å²) in [6, 6.07) is -0.814. The van der Waals surface area contributed by atoms with E-state index < -0.39 is 10.4 Å². The van der Waals surface area contributed by atoms with Crippen molar-refractivity contribution in [3.8, 4) is 0 Å². The van der Waals surface area contributed by atoms with Crippen LogP contribution < -0.4 is 11.1 Å². The molecule has 102 heavy (non-hydrogen) atoms. The third-order valence-electron chi connectivity index (χ3n) is 19.4. The maximum atomic E-state index is 11.3. The molecule has 0 heterocycles. The number of amides is 3. The number of carbonyl (C=O) groups is 2. The molecule has 0 unspecified atom stereocenters. The van der Waals surface area contributed by atoms with Crippen LogP contribution in [0.2, 0.25) is 0 Å². The molecule has 0 aromatic carbocycles. The van der Waals surface area contributed by atoms with Gasteiger partial charge in [-0.25, -0.2) is 4.79 Å². The van der Waals surface area contributed by atoms with Gasteiger partial charge in [-0.15, -0.1) is 0 Å². The number of urea groups is 1. The number of nitrogens with two attached hydrogens (primary N) is 1. The van der Waals surface area contributed by atoms with Crippen LogP contribution in [0.3, 0.4) is 0 Å². The lowest BCUT2D eigenvalue weighted by Crippen LogP contribution is -2.46. The average Bonchev–Trinajstić information content (AvgIpc) is 0.885. The summed E-state index contributed by atoms with van der Waals surface area (Å²) in [5.74, 6) is -0.375. The van der Waals surface area contributed by atoms with E-state index in [9.17, 15) is 9.59 Å². The van der Waals surface area contributed by atoms with E-state index in [-0.39, 0.29) is 5.91 Å². The van der Waals surface area contributed by atoms with E-state index in [2.05, 4.69) is 141 Å². The number of alkyl halides is 1. The fourth-order valence-electron chi connectivity index (χ4n) is 11.7. The Bertz CT molecular complexity index is 938. The van der Waals surface area contributed by atoms with Gasteiger partial charge in [-0.3, -0.25) is 10.1 Å². The lowest BCUT2D eigenvalue weighted by atomic mass is 10.0. The summed E-state index contributed by atoms with van der Waals surface area (Å²) in [7, 11) is 0. The summed E-state index contributed by atoms with van der Waals surface area (Å²) in [4.78, 5) is 21.6. The molecular weight excluding hydrogens is 1300 g/mol. The Morgan fingerprint density at radius 1 is 0.186 bits per heavy atom. The number of primary amides is 1. The standard InChI is InChI=1S/9C10H22.C7H13BrN2O2/c9*1-3-5-7-9-10-8-6-4-2;1-3-7(8,4-2)5(11)10-6(9)12/h9*3-10H2,1-2H3;3-4H2,1-2H3,(H3,9,10,11,12). The lowest BCUT2D eigenvalue weighted by molar-refractivity contribution is -0.122. The second-order valence-electron chi connectivity index (χ2n) is 30.6. The first-order chi connectivity index (χ1) is 49.7. The monoisotopic (exact) mass is 1520 g/mol. The molecule has 0 rings (SSSR count). The highest BCUT2D eigenvalue weighted by Gasteiger charge is 2.32. The van der Waals surface area contributed by atoms with Gasteiger partial charge in [0.1, 0.15) is 4.32 Å². The fourth-order valence-corrected chi connectivity index (χ4v) is 11.8. The summed E-state index contributed by atoms with van der Waals surface area (Å²) < 4.78 is -0.665. The van der Waals surface area contributed by atoms with Gasteiger partial charge in [-0.1, -0.05) is 617 Å². The van der Waals surface area contributed by atoms with Gasteiger partial charge >= 0.3 is 6.03 Å². The van der Waals surface area contributed by atoms with E-state index in [0.29, 0.717) is 12.8 Å². The van der Waals surface area contributed by atoms with E-state index in [0.717, 1.165) is 0 Å². The van der Waals surface area contributed by atoms with E-state index in [1.54, 1.807) is 0 Å². The molecule has 0 aliphatic rings. The van der Waals surface area contributed by atoms with Crippen LogP contribution in [0.5, 0.6) is 0 Å². The van der Waals surface area contributed by atoms with Crippen LogP contribution in [-0.4, -0.2) is 16.3 Å². The first-order valence-electron chi connectivity index (χ1n) is 48.0. The second kappa shape index (κ2) is 133. The van der Waals surface area contributed by atoms with Crippen molar-refractivity contribution in [1.82, 2.24) is 5.32 Å². The number of carbonyl (C=O) groups excluding carboxylic acids is 2. The quantitative estimate of drug-likeness (QED) is 0.0470. The van der Waals surface area contributed by atoms with Crippen LogP contribution in [0.15, 0.2) is 0 Å². The Morgan fingerprint density at radius 3 is 0.324 bits per heavy atom. The van der Waals surface area contributed by atoms with Crippen LogP contribution in [0.25, 0.3) is 0 Å². The molecule has 5 heteroatoms. The van der Waals surface area contributed by atoms with Gasteiger partial charge in [-0.05, 0) is 12.8 Å². The Hall–Kier alpha value is -0.580. The van der Waals surface area contributed by atoms with Crippen LogP contribution in [0, 0.1) is 0 Å². The minimum Gasteiger partial charge on any atom is -0.351 e. The molecule has 4 nitrogen and oxygen atoms in total. The highest BCUT2D eigenvalue weighted by Crippen LogP contribution is 2.26. The largest absolute Gasteiger partial charge is 0.351 e. The Labute approximate surface area is 662 Å². The molecular formula is C97H211BrN2O2. The van der Waals surface area contributed by atoms with Crippen molar-refractivity contribution < 1.29 is 9.59 Å². The predicted molar refractivity (Wildman–Crippen MR) is 485 cm³/mol. The third-order valence-corrected chi connectivity index (χ3v) is 20.9. The van der Waals surface area contributed by atoms with Gasteiger partial charge in [0.15, 0.2) is 0 Å². The Morgan fingerprint density at radius 2 is 0.265 bits per heavy atom. The number of imide groups is 1. The lowest BCUT2D eigenvalue weighted by Gasteiger charge is -2.21. The minimum atomic E-state index is -0.814. The van der Waals surface area contributed by atoms with Gasteiger partial charge < -0.3 is 5.73 Å². The van der Waals surface area contributed by atoms with Crippen molar-refractivity contribution in [2.45, 2.75) is 618 Å². The summed E-state index contributed by atoms with van der Waals surface area (Å²) in [6.07, 6.45) is 104. The molecule has 0 spiro atoms. The zero-order valence-corrected chi connectivity index (χ0v) is 77.7. The van der Waals surface area contributed by atoms with Crippen LogP contribution in [0.4, 0.5) is 4.79 Å². The molecule has 0 fully saturated rings. The second-order valence-corrected chi connectivity index (χ2v) is 32.1. The molecule has 3 amide bonds. The number of hydrogen-bond donors (Lipinski definition) is 2. The zero-order chi connectivity index (χ0) is 78.7. The topological polar surface area (TPSA) is 72.2 Å². The molecule has 0 saturated heterocycles. The van der Waals surface area contributed by atoms with Crippen molar-refractivity contribution in [2.75, 3.05) is 0 Å². The summed E-state index contributed by atoms with van der Waals surface area (Å²) >= 11 is 3.26. The number of halogens is 1. The first kappa shape index (κ1) is 122. The fraction of sp³-hybridized carbons (Fsp3) is 0.979. The molecule has 0 aromatic rings. The maximum absolute atomic E-state index is 11.3. The molecule has 0 aliphatic carbocycles. The molecule has 628 valence electrons. The predicted octanol–water partition coefficient (Wildman–Crippen LogP) is 38.5. The third kappa shape index (κ3) is 157. The average molecular weight is 1520 g/mol. The van der Waals surface area contributed by atoms with Crippen molar-refractivity contribution in [1.29, 1.82) is 0 Å². The first-order valence-corrected chi connectivity index (χ1v) is 48.8. The van der Waals surface area contributed by atoms with Crippen LogP contribution >= 0.6 is 15.9 Å². The van der Waals surface area contributed by atoms with Crippen molar-refractivity contribution in [3.63, 3.8) is 0 Å². The van der Waals surface area contributed by atoms with Crippen molar-refractivity contribution in [2.24, 2.45) is 5.73 Å². The molecule has 0 radical (unpaired) electrons. The van der Waals surface area contributed by atoms with Gasteiger partial charge in [0.05, 0.1) is 0 Å². The number of nitrogens with one attached hydrogen (secondary N) is 1. The molecule has 0 saturated carbocycles. The van der Waals surface area contributed by atoms with Crippen LogP contribution in [-0.2, 0) is 4.79 Å². The molecule has 0 aliphatic heterocycles. The number of rotatable bonds is 66. The van der Waals surface area contributed by atoms with Crippen LogP contribution in [0.1, 0.15) is 614 Å². The maximum Gasteiger partial charge on any atom is 0.318 e. The molecule has 0 bridgehead atoms. The molecule has 3 N–H and O–H groups in total. The van der Waals surface area contributed by atoms with Crippen molar-refractivity contribution in [3.05, 3.63) is 0 Å². The van der Waals surface area contributed by atoms with E-state index in [1.807, 2.05) is 19.2 Å². The summed E-state index contributed by atoms with van der Waals surface area (Å²) in [5.41, 5.74) is 4.81. The van der Waals surface area contributed by atoms with E-state index >= 15 is 0 Å². The van der Waals surface area contributed by atoms with E-state index in [1.165, 1.54) is 462 Å². The highest BCUT2D eigenvalue weighted by atomic mass is 79.9. The Kier molecular flexibility index (Phi) is 159. The minimum absolute atomic E-state index is 0.375. The number of unbranched alkanes of at least 4 members (excludes halogenated alkanes) is 63. The molecule has 0 atom stereocenters. The number of hydrogen-bond acceptors (Lipinski definition) is 2. The summed E-state index contributed by atoms with van der Waals surface area (Å²) in [6.45, 7) is 44.6. The molecule has 0 aromatic heterocycles. The zero-order valence-electron chi connectivity index (χ0n) is 76.1. The van der Waals surface area contributed by atoms with Gasteiger partial charge in [-0.2, -0.15) is 0 Å². The van der Waals surface area contributed by atoms with E-state index in [4.69, 9.17) is 5.73 Å². The van der Waals surface area contributed by atoms with Gasteiger partial charge in [0, 0.05) is 0 Å².